The summed E-state index contributed by atoms with van der Waals surface area (Å²) in [5.74, 6) is 0.367. The summed E-state index contributed by atoms with van der Waals surface area (Å²) in [5.41, 5.74) is 0.466. The van der Waals surface area contributed by atoms with Crippen LogP contribution in [0.4, 0.5) is 0 Å². The zero-order valence-corrected chi connectivity index (χ0v) is 14.7. The molecule has 2 rings (SSSR count). The number of aryl methyl sites for hydroxylation is 1. The smallest absolute Gasteiger partial charge is 0.218 e. The van der Waals surface area contributed by atoms with E-state index >= 15 is 0 Å². The summed E-state index contributed by atoms with van der Waals surface area (Å²) in [4.78, 5) is -0.667. The lowest BCUT2D eigenvalue weighted by atomic mass is 10.3. The van der Waals surface area contributed by atoms with Gasteiger partial charge in [0.2, 0.25) is 9.84 Å². The van der Waals surface area contributed by atoms with Gasteiger partial charge in [0.15, 0.2) is 0 Å². The number of rotatable bonds is 5. The van der Waals surface area contributed by atoms with Crippen molar-refractivity contribution in [3.05, 3.63) is 51.1 Å². The minimum Gasteiger partial charge on any atom is -0.271 e. The fourth-order valence-electron chi connectivity index (χ4n) is 1.79. The van der Waals surface area contributed by atoms with Crippen molar-refractivity contribution in [1.82, 2.24) is 9.78 Å². The van der Waals surface area contributed by atoms with E-state index in [0.717, 1.165) is 0 Å². The highest BCUT2D eigenvalue weighted by atomic mass is 35.5. The highest BCUT2D eigenvalue weighted by molar-refractivity contribution is 7.95. The molecule has 0 aliphatic heterocycles. The van der Waals surface area contributed by atoms with Crippen LogP contribution in [0.15, 0.2) is 40.4 Å². The maximum Gasteiger partial charge on any atom is 0.218 e. The molecule has 0 aliphatic carbocycles. The van der Waals surface area contributed by atoms with Gasteiger partial charge in [0, 0.05) is 22.7 Å². The summed E-state index contributed by atoms with van der Waals surface area (Å²) in [5, 5.41) is 13.5. The molecule has 0 saturated heterocycles. The van der Waals surface area contributed by atoms with Gasteiger partial charge < -0.3 is 0 Å². The van der Waals surface area contributed by atoms with Crippen LogP contribution < -0.4 is 0 Å². The Morgan fingerprint density at radius 3 is 2.78 bits per heavy atom. The SMILES string of the molecule is N#C/C(=C\c1cnn(CCCl)c1)S(=O)(=O)c1cc(Cl)ccc1Cl. The van der Waals surface area contributed by atoms with E-state index in [0.29, 0.717) is 18.0 Å². The number of nitriles is 1. The van der Waals surface area contributed by atoms with Crippen molar-refractivity contribution in [2.45, 2.75) is 11.4 Å². The number of nitrogens with zero attached hydrogens (tertiary/aromatic N) is 3. The Morgan fingerprint density at radius 1 is 1.39 bits per heavy atom. The summed E-state index contributed by atoms with van der Waals surface area (Å²) in [6.45, 7) is 0.476. The molecular weight excluding hydrogens is 381 g/mol. The molecule has 0 spiro atoms. The predicted molar refractivity (Wildman–Crippen MR) is 90.2 cm³/mol. The molecule has 9 heteroatoms. The number of hydrogen-bond donors (Lipinski definition) is 0. The largest absolute Gasteiger partial charge is 0.271 e. The lowest BCUT2D eigenvalue weighted by Crippen LogP contribution is -2.04. The topological polar surface area (TPSA) is 75.8 Å². The minimum atomic E-state index is -4.09. The number of sulfone groups is 1. The van der Waals surface area contributed by atoms with Gasteiger partial charge in [-0.3, -0.25) is 4.68 Å². The van der Waals surface area contributed by atoms with Crippen molar-refractivity contribution < 1.29 is 8.42 Å². The molecule has 0 N–H and O–H groups in total. The Bertz CT molecular complexity index is 898. The minimum absolute atomic E-state index is 0.00612. The molecular formula is C14H10Cl3N3O2S. The summed E-state index contributed by atoms with van der Waals surface area (Å²) < 4.78 is 26.7. The second kappa shape index (κ2) is 7.37. The van der Waals surface area contributed by atoms with E-state index in [2.05, 4.69) is 5.10 Å². The summed E-state index contributed by atoms with van der Waals surface area (Å²) in [7, 11) is -4.09. The van der Waals surface area contributed by atoms with Crippen LogP contribution in [0.25, 0.3) is 6.08 Å². The number of benzene rings is 1. The number of hydrogen-bond acceptors (Lipinski definition) is 4. The van der Waals surface area contributed by atoms with E-state index in [4.69, 9.17) is 34.8 Å². The van der Waals surface area contributed by atoms with Crippen LogP contribution >= 0.6 is 34.8 Å². The van der Waals surface area contributed by atoms with Crippen LogP contribution in [-0.2, 0) is 16.4 Å². The summed E-state index contributed by atoms with van der Waals surface area (Å²) in [6, 6.07) is 5.73. The molecule has 0 atom stereocenters. The standard InChI is InChI=1S/C14H10Cl3N3O2S/c15-3-4-20-9-10(8-19-20)5-12(7-18)23(21,22)14-6-11(16)1-2-13(14)17/h1-2,5-6,8-9H,3-4H2/b12-5+. The van der Waals surface area contributed by atoms with E-state index in [1.54, 1.807) is 16.9 Å². The quantitative estimate of drug-likeness (QED) is 0.575. The molecule has 0 bridgehead atoms. The molecule has 0 radical (unpaired) electrons. The molecule has 1 aromatic carbocycles. The fraction of sp³-hybridized carbons (Fsp3) is 0.143. The van der Waals surface area contributed by atoms with E-state index in [-0.39, 0.29) is 14.9 Å². The van der Waals surface area contributed by atoms with Crippen LogP contribution in [0.5, 0.6) is 0 Å². The molecule has 120 valence electrons. The molecule has 1 aromatic heterocycles. The molecule has 0 aliphatic rings. The van der Waals surface area contributed by atoms with Crippen LogP contribution in [0, 0.1) is 11.3 Å². The van der Waals surface area contributed by atoms with Crippen LogP contribution in [0.1, 0.15) is 5.56 Å². The monoisotopic (exact) mass is 389 g/mol. The zero-order valence-electron chi connectivity index (χ0n) is 11.6. The molecule has 0 saturated carbocycles. The van der Waals surface area contributed by atoms with Gasteiger partial charge >= 0.3 is 0 Å². The lowest BCUT2D eigenvalue weighted by Gasteiger charge is -2.05. The van der Waals surface area contributed by atoms with Crippen LogP contribution in [0.2, 0.25) is 10.0 Å². The third-order valence-corrected chi connectivity index (χ3v) is 5.40. The third-order valence-electron chi connectivity index (χ3n) is 2.85. The molecule has 5 nitrogen and oxygen atoms in total. The number of aromatic nitrogens is 2. The van der Waals surface area contributed by atoms with E-state index in [1.807, 2.05) is 0 Å². The average molecular weight is 391 g/mol. The average Bonchev–Trinajstić information content (AvgIpc) is 2.94. The van der Waals surface area contributed by atoms with Crippen molar-refractivity contribution >= 4 is 50.7 Å². The Kier molecular flexibility index (Phi) is 5.71. The Hall–Kier alpha value is -1.52. The summed E-state index contributed by atoms with van der Waals surface area (Å²) >= 11 is 17.4. The van der Waals surface area contributed by atoms with Crippen molar-refractivity contribution in [2.24, 2.45) is 0 Å². The van der Waals surface area contributed by atoms with Crippen molar-refractivity contribution in [3.8, 4) is 6.07 Å². The van der Waals surface area contributed by atoms with Crippen molar-refractivity contribution in [3.63, 3.8) is 0 Å². The van der Waals surface area contributed by atoms with E-state index in [1.165, 1.54) is 30.5 Å². The first kappa shape index (κ1) is 17.8. The Labute approximate surface area is 148 Å². The van der Waals surface area contributed by atoms with Gasteiger partial charge in [0.05, 0.1) is 22.7 Å². The van der Waals surface area contributed by atoms with Gasteiger partial charge in [-0.2, -0.15) is 10.4 Å². The third kappa shape index (κ3) is 4.06. The molecule has 1 heterocycles. The van der Waals surface area contributed by atoms with Crippen LogP contribution in [0.3, 0.4) is 0 Å². The second-order valence-electron chi connectivity index (χ2n) is 4.42. The molecule has 0 unspecified atom stereocenters. The first-order valence-electron chi connectivity index (χ1n) is 6.29. The molecule has 0 amide bonds. The van der Waals surface area contributed by atoms with Gasteiger partial charge in [-0.25, -0.2) is 8.42 Å². The van der Waals surface area contributed by atoms with Gasteiger partial charge in [-0.05, 0) is 24.3 Å². The lowest BCUT2D eigenvalue weighted by molar-refractivity contribution is 0.603. The highest BCUT2D eigenvalue weighted by Gasteiger charge is 2.24. The Balaban J connectivity index is 2.48. The molecule has 23 heavy (non-hydrogen) atoms. The van der Waals surface area contributed by atoms with Crippen molar-refractivity contribution in [2.75, 3.05) is 5.88 Å². The Morgan fingerprint density at radius 2 is 2.13 bits per heavy atom. The zero-order chi connectivity index (χ0) is 17.0. The van der Waals surface area contributed by atoms with Gasteiger partial charge in [-0.1, -0.05) is 23.2 Å². The summed E-state index contributed by atoms with van der Waals surface area (Å²) in [6.07, 6.45) is 4.26. The maximum atomic E-state index is 12.6. The first-order valence-corrected chi connectivity index (χ1v) is 9.06. The van der Waals surface area contributed by atoms with Gasteiger partial charge in [-0.15, -0.1) is 11.6 Å². The van der Waals surface area contributed by atoms with Gasteiger partial charge in [0.1, 0.15) is 11.0 Å². The number of alkyl halides is 1. The fourth-order valence-corrected chi connectivity index (χ4v) is 3.87. The maximum absolute atomic E-state index is 12.6. The first-order chi connectivity index (χ1) is 10.9. The predicted octanol–water partition coefficient (Wildman–Crippen LogP) is 3.77. The number of halogens is 3. The molecule has 0 fully saturated rings. The van der Waals surface area contributed by atoms with E-state index < -0.39 is 14.7 Å². The second-order valence-corrected chi connectivity index (χ2v) is 7.53. The van der Waals surface area contributed by atoms with E-state index in [9.17, 15) is 13.7 Å². The normalized spacial score (nSPS) is 12.2. The molecule has 2 aromatic rings. The van der Waals surface area contributed by atoms with Crippen LogP contribution in [-0.4, -0.2) is 24.1 Å². The highest BCUT2D eigenvalue weighted by Crippen LogP contribution is 2.30. The number of allylic oxidation sites excluding steroid dienone is 1. The van der Waals surface area contributed by atoms with Gasteiger partial charge in [0.25, 0.3) is 0 Å². The van der Waals surface area contributed by atoms with Crippen molar-refractivity contribution in [1.29, 1.82) is 5.26 Å².